The Balaban J connectivity index is 2.10. The molecule has 0 saturated carbocycles. The molecule has 1 heterocycles. The first-order chi connectivity index (χ1) is 9.90. The number of halogens is 1. The molecule has 0 aliphatic carbocycles. The largest absolute Gasteiger partial charge is 0.478 e. The van der Waals surface area contributed by atoms with Gasteiger partial charge in [0.25, 0.3) is 0 Å². The van der Waals surface area contributed by atoms with Crippen LogP contribution < -0.4 is 5.32 Å². The molecule has 2 N–H and O–H groups in total. The molecular formula is C14H15ClN2O4. The molecule has 1 aromatic rings. The number of anilines is 1. The standard InChI is InChI=1S/C14H15ClN2O4/c1-2-17-7-9(5-12(17)18)13(19)16-11-4-8(14(20)21)3-10(15)6-11/h3-4,6,9H,2,5,7H2,1H3,(H,16,19)(H,20,21). The van der Waals surface area contributed by atoms with E-state index in [0.717, 1.165) is 0 Å². The van der Waals surface area contributed by atoms with E-state index in [9.17, 15) is 14.4 Å². The SMILES string of the molecule is CCN1CC(C(=O)Nc2cc(Cl)cc(C(=O)O)c2)CC1=O. The number of hydrogen-bond donors (Lipinski definition) is 2. The lowest BCUT2D eigenvalue weighted by atomic mass is 10.1. The summed E-state index contributed by atoms with van der Waals surface area (Å²) in [6.07, 6.45) is 0.173. The number of carboxylic acids is 1. The van der Waals surface area contributed by atoms with Crippen molar-refractivity contribution in [3.8, 4) is 0 Å². The highest BCUT2D eigenvalue weighted by Gasteiger charge is 2.33. The highest BCUT2D eigenvalue weighted by Crippen LogP contribution is 2.22. The minimum Gasteiger partial charge on any atom is -0.478 e. The zero-order valence-electron chi connectivity index (χ0n) is 11.4. The molecule has 1 aromatic carbocycles. The zero-order chi connectivity index (χ0) is 15.6. The summed E-state index contributed by atoms with van der Waals surface area (Å²) >= 11 is 5.83. The maximum Gasteiger partial charge on any atom is 0.335 e. The lowest BCUT2D eigenvalue weighted by molar-refractivity contribution is -0.128. The fraction of sp³-hybridized carbons (Fsp3) is 0.357. The van der Waals surface area contributed by atoms with Crippen LogP contribution in [0.2, 0.25) is 5.02 Å². The zero-order valence-corrected chi connectivity index (χ0v) is 12.2. The molecule has 1 aliphatic heterocycles. The molecule has 6 nitrogen and oxygen atoms in total. The van der Waals surface area contributed by atoms with Gasteiger partial charge >= 0.3 is 5.97 Å². The number of carbonyl (C=O) groups excluding carboxylic acids is 2. The van der Waals surface area contributed by atoms with Gasteiger partial charge in [-0.2, -0.15) is 0 Å². The quantitative estimate of drug-likeness (QED) is 0.888. The Morgan fingerprint density at radius 1 is 1.43 bits per heavy atom. The predicted molar refractivity (Wildman–Crippen MR) is 77.4 cm³/mol. The fourth-order valence-electron chi connectivity index (χ4n) is 2.28. The van der Waals surface area contributed by atoms with Gasteiger partial charge in [0.05, 0.1) is 11.5 Å². The van der Waals surface area contributed by atoms with Crippen molar-refractivity contribution in [3.63, 3.8) is 0 Å². The topological polar surface area (TPSA) is 86.7 Å². The van der Waals surface area contributed by atoms with E-state index in [1.807, 2.05) is 6.92 Å². The van der Waals surface area contributed by atoms with Gasteiger partial charge in [0, 0.05) is 30.2 Å². The number of nitrogens with zero attached hydrogens (tertiary/aromatic N) is 1. The molecule has 0 spiro atoms. The third kappa shape index (κ3) is 3.52. The summed E-state index contributed by atoms with van der Waals surface area (Å²) < 4.78 is 0. The van der Waals surface area contributed by atoms with Gasteiger partial charge in [0.15, 0.2) is 0 Å². The van der Waals surface area contributed by atoms with Crippen molar-refractivity contribution in [2.45, 2.75) is 13.3 Å². The molecule has 1 aliphatic rings. The van der Waals surface area contributed by atoms with Gasteiger partial charge in [-0.05, 0) is 25.1 Å². The maximum atomic E-state index is 12.1. The molecule has 0 aromatic heterocycles. The van der Waals surface area contributed by atoms with Crippen molar-refractivity contribution in [3.05, 3.63) is 28.8 Å². The van der Waals surface area contributed by atoms with Crippen LogP contribution in [0, 0.1) is 5.92 Å². The van der Waals surface area contributed by atoms with E-state index in [1.165, 1.54) is 18.2 Å². The van der Waals surface area contributed by atoms with Crippen molar-refractivity contribution in [1.82, 2.24) is 4.90 Å². The van der Waals surface area contributed by atoms with Crippen molar-refractivity contribution in [2.75, 3.05) is 18.4 Å². The van der Waals surface area contributed by atoms with Crippen LogP contribution in [-0.4, -0.2) is 40.9 Å². The average molecular weight is 311 g/mol. The van der Waals surface area contributed by atoms with E-state index in [-0.39, 0.29) is 28.8 Å². The second-order valence-corrected chi connectivity index (χ2v) is 5.29. The summed E-state index contributed by atoms with van der Waals surface area (Å²) in [5, 5.41) is 11.8. The number of carboxylic acid groups (broad SMARTS) is 1. The smallest absolute Gasteiger partial charge is 0.335 e. The van der Waals surface area contributed by atoms with E-state index >= 15 is 0 Å². The first-order valence-corrected chi connectivity index (χ1v) is 6.91. The number of amides is 2. The highest BCUT2D eigenvalue weighted by molar-refractivity contribution is 6.31. The summed E-state index contributed by atoms with van der Waals surface area (Å²) in [6, 6.07) is 4.11. The second-order valence-electron chi connectivity index (χ2n) is 4.86. The van der Waals surface area contributed by atoms with Crippen LogP contribution in [-0.2, 0) is 9.59 Å². The normalized spacial score (nSPS) is 17.9. The molecule has 0 radical (unpaired) electrons. The second kappa shape index (κ2) is 6.13. The van der Waals surface area contributed by atoms with Gasteiger partial charge in [-0.15, -0.1) is 0 Å². The van der Waals surface area contributed by atoms with E-state index in [4.69, 9.17) is 16.7 Å². The summed E-state index contributed by atoms with van der Waals surface area (Å²) in [7, 11) is 0. The molecule has 1 atom stereocenters. The highest BCUT2D eigenvalue weighted by atomic mass is 35.5. The van der Waals surface area contributed by atoms with Gasteiger partial charge in [-0.3, -0.25) is 9.59 Å². The van der Waals surface area contributed by atoms with E-state index in [0.29, 0.717) is 18.8 Å². The molecule has 1 saturated heterocycles. The van der Waals surface area contributed by atoms with Crippen LogP contribution in [0.3, 0.4) is 0 Å². The molecule has 1 unspecified atom stereocenters. The van der Waals surface area contributed by atoms with Crippen LogP contribution in [0.15, 0.2) is 18.2 Å². The lowest BCUT2D eigenvalue weighted by Crippen LogP contribution is -2.28. The number of aromatic carboxylic acids is 1. The van der Waals surface area contributed by atoms with Crippen LogP contribution in [0.1, 0.15) is 23.7 Å². The van der Waals surface area contributed by atoms with Crippen molar-refractivity contribution < 1.29 is 19.5 Å². The third-order valence-electron chi connectivity index (χ3n) is 3.38. The Kier molecular flexibility index (Phi) is 4.47. The summed E-state index contributed by atoms with van der Waals surface area (Å²) in [6.45, 7) is 2.81. The number of nitrogens with one attached hydrogen (secondary N) is 1. The van der Waals surface area contributed by atoms with Crippen molar-refractivity contribution in [1.29, 1.82) is 0 Å². The number of carbonyl (C=O) groups is 3. The molecule has 21 heavy (non-hydrogen) atoms. The van der Waals surface area contributed by atoms with Crippen LogP contribution >= 0.6 is 11.6 Å². The summed E-state index contributed by atoms with van der Waals surface area (Å²) in [5.74, 6) is -1.90. The van der Waals surface area contributed by atoms with Crippen LogP contribution in [0.25, 0.3) is 0 Å². The molecule has 2 rings (SSSR count). The fourth-order valence-corrected chi connectivity index (χ4v) is 2.52. The van der Waals surface area contributed by atoms with Gasteiger partial charge in [-0.25, -0.2) is 4.79 Å². The summed E-state index contributed by atoms with van der Waals surface area (Å²) in [5.41, 5.74) is 0.308. The third-order valence-corrected chi connectivity index (χ3v) is 3.60. The Hall–Kier alpha value is -2.08. The monoisotopic (exact) mass is 310 g/mol. The Labute approximate surface area is 126 Å². The van der Waals surface area contributed by atoms with Gasteiger partial charge < -0.3 is 15.3 Å². The van der Waals surface area contributed by atoms with Gasteiger partial charge in [-0.1, -0.05) is 11.6 Å². The molecule has 1 fully saturated rings. The van der Waals surface area contributed by atoms with Crippen LogP contribution in [0.5, 0.6) is 0 Å². The summed E-state index contributed by atoms with van der Waals surface area (Å²) in [4.78, 5) is 36.3. The number of likely N-dealkylation sites (tertiary alicyclic amines) is 1. The molecular weight excluding hydrogens is 296 g/mol. The number of rotatable bonds is 4. The Morgan fingerprint density at radius 3 is 2.71 bits per heavy atom. The Morgan fingerprint density at radius 2 is 2.14 bits per heavy atom. The first kappa shape index (κ1) is 15.3. The van der Waals surface area contributed by atoms with E-state index in [2.05, 4.69) is 5.32 Å². The minimum atomic E-state index is -1.12. The van der Waals surface area contributed by atoms with E-state index in [1.54, 1.807) is 4.90 Å². The lowest BCUT2D eigenvalue weighted by Gasteiger charge is -2.14. The minimum absolute atomic E-state index is 0.00418. The van der Waals surface area contributed by atoms with Gasteiger partial charge in [0.2, 0.25) is 11.8 Å². The van der Waals surface area contributed by atoms with E-state index < -0.39 is 11.9 Å². The van der Waals surface area contributed by atoms with Crippen molar-refractivity contribution >= 4 is 35.1 Å². The molecule has 2 amide bonds. The Bertz CT molecular complexity index is 603. The van der Waals surface area contributed by atoms with Crippen molar-refractivity contribution in [2.24, 2.45) is 5.92 Å². The molecule has 112 valence electrons. The van der Waals surface area contributed by atoms with Crippen LogP contribution in [0.4, 0.5) is 5.69 Å². The average Bonchev–Trinajstić information content (AvgIpc) is 2.79. The number of benzene rings is 1. The molecule has 7 heteroatoms. The predicted octanol–water partition coefficient (Wildman–Crippen LogP) is 1.85. The van der Waals surface area contributed by atoms with Gasteiger partial charge in [0.1, 0.15) is 0 Å². The first-order valence-electron chi connectivity index (χ1n) is 6.53. The maximum absolute atomic E-state index is 12.1. The molecule has 0 bridgehead atoms. The number of hydrogen-bond acceptors (Lipinski definition) is 3.